The Balaban J connectivity index is 1.66. The predicted octanol–water partition coefficient (Wildman–Crippen LogP) is 2.85. The van der Waals surface area contributed by atoms with Gasteiger partial charge >= 0.3 is 0 Å². The van der Waals surface area contributed by atoms with Gasteiger partial charge in [-0.15, -0.1) is 0 Å². The molecule has 1 fully saturated rings. The second kappa shape index (κ2) is 8.51. The fourth-order valence-electron chi connectivity index (χ4n) is 3.73. The van der Waals surface area contributed by atoms with Crippen molar-refractivity contribution >= 4 is 21.6 Å². The summed E-state index contributed by atoms with van der Waals surface area (Å²) in [5.41, 5.74) is 0.0754. The summed E-state index contributed by atoms with van der Waals surface area (Å²) in [6.45, 7) is 0.250. The van der Waals surface area contributed by atoms with Crippen LogP contribution in [-0.2, 0) is 14.8 Å². The van der Waals surface area contributed by atoms with E-state index < -0.39 is 28.3 Å². The van der Waals surface area contributed by atoms with E-state index in [4.69, 9.17) is 9.47 Å². The van der Waals surface area contributed by atoms with Crippen molar-refractivity contribution in [2.75, 3.05) is 24.1 Å². The molecule has 0 spiro atoms. The first-order valence-electron chi connectivity index (χ1n) is 9.91. The van der Waals surface area contributed by atoms with Crippen LogP contribution in [0.1, 0.15) is 25.7 Å². The molecule has 0 aromatic heterocycles. The minimum atomic E-state index is -4.16. The lowest BCUT2D eigenvalue weighted by atomic mass is 10.2. The molecule has 2 aliphatic rings. The number of carbonyl (C=O) groups is 1. The molecule has 30 heavy (non-hydrogen) atoms. The molecule has 1 saturated carbocycles. The Hall–Kier alpha value is -2.81. The normalized spacial score (nSPS) is 16.3. The molecule has 9 heteroatoms. The molecule has 1 heterocycles. The van der Waals surface area contributed by atoms with Crippen LogP contribution in [0.5, 0.6) is 11.5 Å². The zero-order valence-electron chi connectivity index (χ0n) is 16.3. The number of rotatable bonds is 6. The van der Waals surface area contributed by atoms with Crippen molar-refractivity contribution in [3.8, 4) is 11.5 Å². The number of nitrogens with one attached hydrogen (secondary N) is 1. The molecule has 1 amide bonds. The van der Waals surface area contributed by atoms with Gasteiger partial charge in [0.15, 0.2) is 11.5 Å². The molecule has 4 rings (SSSR count). The van der Waals surface area contributed by atoms with Crippen molar-refractivity contribution in [2.45, 2.75) is 36.6 Å². The van der Waals surface area contributed by atoms with Crippen molar-refractivity contribution in [1.82, 2.24) is 5.32 Å². The Kier molecular flexibility index (Phi) is 5.80. The van der Waals surface area contributed by atoms with Gasteiger partial charge in [0.05, 0.1) is 10.6 Å². The van der Waals surface area contributed by atoms with E-state index in [1.807, 2.05) is 0 Å². The summed E-state index contributed by atoms with van der Waals surface area (Å²) in [5.74, 6) is -0.244. The third-order valence-corrected chi connectivity index (χ3v) is 6.98. The molecule has 1 N–H and O–H groups in total. The number of hydrogen-bond donors (Lipinski definition) is 1. The molecule has 0 bridgehead atoms. The number of benzene rings is 2. The van der Waals surface area contributed by atoms with Gasteiger partial charge in [0.1, 0.15) is 25.6 Å². The van der Waals surface area contributed by atoms with Gasteiger partial charge in [-0.1, -0.05) is 18.9 Å². The van der Waals surface area contributed by atoms with Crippen LogP contribution < -0.4 is 19.1 Å². The highest BCUT2D eigenvalue weighted by atomic mass is 32.2. The monoisotopic (exact) mass is 434 g/mol. The van der Waals surface area contributed by atoms with Crippen LogP contribution in [0.15, 0.2) is 47.4 Å². The van der Waals surface area contributed by atoms with E-state index in [0.717, 1.165) is 36.1 Å². The van der Waals surface area contributed by atoms with Gasteiger partial charge in [0.2, 0.25) is 5.91 Å². The lowest BCUT2D eigenvalue weighted by Crippen LogP contribution is -2.43. The lowest BCUT2D eigenvalue weighted by Gasteiger charge is -2.26. The summed E-state index contributed by atoms with van der Waals surface area (Å²) in [7, 11) is -4.16. The van der Waals surface area contributed by atoms with Gasteiger partial charge in [-0.2, -0.15) is 0 Å². The topological polar surface area (TPSA) is 84.9 Å². The van der Waals surface area contributed by atoms with E-state index in [9.17, 15) is 17.6 Å². The average Bonchev–Trinajstić information content (AvgIpc) is 3.24. The second-order valence-corrected chi connectivity index (χ2v) is 9.21. The maximum absolute atomic E-state index is 13.8. The summed E-state index contributed by atoms with van der Waals surface area (Å²) in [6, 6.07) is 9.51. The zero-order valence-corrected chi connectivity index (χ0v) is 17.2. The first-order valence-corrected chi connectivity index (χ1v) is 11.3. The van der Waals surface area contributed by atoms with Crippen molar-refractivity contribution in [2.24, 2.45) is 0 Å². The molecular formula is C21H23FN2O5S. The number of fused-ring (bicyclic) bond motifs is 1. The number of ether oxygens (including phenoxy) is 2. The maximum Gasteiger partial charge on any atom is 0.264 e. The van der Waals surface area contributed by atoms with Gasteiger partial charge in [0, 0.05) is 12.1 Å². The fraction of sp³-hybridized carbons (Fsp3) is 0.381. The highest BCUT2D eigenvalue weighted by Gasteiger charge is 2.30. The molecule has 1 aliphatic heterocycles. The van der Waals surface area contributed by atoms with Crippen LogP contribution in [0.3, 0.4) is 0 Å². The fourth-order valence-corrected chi connectivity index (χ4v) is 5.16. The van der Waals surface area contributed by atoms with E-state index >= 15 is 0 Å². The molecule has 1 aliphatic carbocycles. The van der Waals surface area contributed by atoms with Crippen molar-refractivity contribution in [1.29, 1.82) is 0 Å². The zero-order chi connectivity index (χ0) is 21.1. The minimum Gasteiger partial charge on any atom is -0.486 e. The van der Waals surface area contributed by atoms with Crippen LogP contribution in [0.4, 0.5) is 10.1 Å². The molecule has 0 radical (unpaired) electrons. The summed E-state index contributed by atoms with van der Waals surface area (Å²) in [4.78, 5) is 12.6. The molecule has 2 aromatic carbocycles. The van der Waals surface area contributed by atoms with Crippen LogP contribution in [0.2, 0.25) is 0 Å². The minimum absolute atomic E-state index is 0.0452. The third kappa shape index (κ3) is 4.35. The van der Waals surface area contributed by atoms with Crippen molar-refractivity contribution < 1.29 is 27.1 Å². The van der Waals surface area contributed by atoms with E-state index in [2.05, 4.69) is 5.32 Å². The number of sulfonamides is 1. The number of amides is 1. The van der Waals surface area contributed by atoms with E-state index in [-0.39, 0.29) is 16.6 Å². The number of carbonyl (C=O) groups excluding carboxylic acids is 1. The number of anilines is 1. The highest BCUT2D eigenvalue weighted by molar-refractivity contribution is 7.92. The predicted molar refractivity (Wildman–Crippen MR) is 109 cm³/mol. The number of hydrogen-bond acceptors (Lipinski definition) is 5. The SMILES string of the molecule is O=C(CN(c1cccc(F)c1)S(=O)(=O)c1ccc2c(c1)OCCO2)NC1CCCC1. The Morgan fingerprint density at radius 2 is 1.80 bits per heavy atom. The molecule has 0 atom stereocenters. The molecule has 2 aromatic rings. The maximum atomic E-state index is 13.8. The van der Waals surface area contributed by atoms with Gasteiger partial charge < -0.3 is 14.8 Å². The van der Waals surface area contributed by atoms with E-state index in [1.54, 1.807) is 0 Å². The quantitative estimate of drug-likeness (QED) is 0.756. The summed E-state index contributed by atoms with van der Waals surface area (Å²) < 4.78 is 52.6. The molecule has 0 saturated heterocycles. The number of halogens is 1. The highest BCUT2D eigenvalue weighted by Crippen LogP contribution is 2.34. The number of nitrogens with zero attached hydrogens (tertiary/aromatic N) is 1. The Morgan fingerprint density at radius 3 is 2.53 bits per heavy atom. The third-order valence-electron chi connectivity index (χ3n) is 5.21. The molecule has 160 valence electrons. The molecule has 7 nitrogen and oxygen atoms in total. The van der Waals surface area contributed by atoms with Gasteiger partial charge in [-0.05, 0) is 43.2 Å². The Labute approximate surface area is 174 Å². The van der Waals surface area contributed by atoms with E-state index in [1.165, 1.54) is 36.4 Å². The van der Waals surface area contributed by atoms with Crippen LogP contribution in [0.25, 0.3) is 0 Å². The standard InChI is InChI=1S/C21H23FN2O5S/c22-15-4-3-7-17(12-15)24(14-21(25)23-16-5-1-2-6-16)30(26,27)18-8-9-19-20(13-18)29-11-10-28-19/h3-4,7-9,12-13,16H,1-2,5-6,10-11,14H2,(H,23,25). The lowest BCUT2D eigenvalue weighted by molar-refractivity contribution is -0.120. The van der Waals surface area contributed by atoms with Gasteiger partial charge in [-0.3, -0.25) is 9.10 Å². The van der Waals surface area contributed by atoms with Crippen LogP contribution in [-0.4, -0.2) is 40.1 Å². The van der Waals surface area contributed by atoms with Crippen molar-refractivity contribution in [3.63, 3.8) is 0 Å². The van der Waals surface area contributed by atoms with Crippen LogP contribution >= 0.6 is 0 Å². The summed E-state index contributed by atoms with van der Waals surface area (Å²) >= 11 is 0. The van der Waals surface area contributed by atoms with Crippen molar-refractivity contribution in [3.05, 3.63) is 48.3 Å². The van der Waals surface area contributed by atoms with E-state index in [0.29, 0.717) is 24.7 Å². The Morgan fingerprint density at radius 1 is 1.07 bits per heavy atom. The van der Waals surface area contributed by atoms with Crippen LogP contribution in [0, 0.1) is 5.82 Å². The molecule has 0 unspecified atom stereocenters. The first-order chi connectivity index (χ1) is 14.4. The second-order valence-electron chi connectivity index (χ2n) is 7.35. The Bertz CT molecular complexity index is 1040. The summed E-state index contributed by atoms with van der Waals surface area (Å²) in [6.07, 6.45) is 3.82. The summed E-state index contributed by atoms with van der Waals surface area (Å²) in [5, 5.41) is 2.88. The molecular weight excluding hydrogens is 411 g/mol. The largest absolute Gasteiger partial charge is 0.486 e. The average molecular weight is 434 g/mol. The first kappa shape index (κ1) is 20.5. The van der Waals surface area contributed by atoms with Gasteiger partial charge in [-0.25, -0.2) is 12.8 Å². The van der Waals surface area contributed by atoms with Gasteiger partial charge in [0.25, 0.3) is 10.0 Å². The smallest absolute Gasteiger partial charge is 0.264 e.